The SMILES string of the molecule is Cc1ccccc1CC1(CNc2ncccc2C)CCN(C(=O)O)CC1. The van der Waals surface area contributed by atoms with E-state index in [2.05, 4.69) is 54.5 Å². The van der Waals surface area contributed by atoms with Gasteiger partial charge in [-0.25, -0.2) is 9.78 Å². The van der Waals surface area contributed by atoms with Gasteiger partial charge in [-0.3, -0.25) is 0 Å². The first-order chi connectivity index (χ1) is 12.5. The number of aromatic nitrogens is 1. The first-order valence-corrected chi connectivity index (χ1v) is 9.17. The summed E-state index contributed by atoms with van der Waals surface area (Å²) in [6.07, 6.45) is 3.64. The van der Waals surface area contributed by atoms with E-state index in [0.29, 0.717) is 13.1 Å². The Morgan fingerprint density at radius 2 is 1.85 bits per heavy atom. The Morgan fingerprint density at radius 1 is 1.15 bits per heavy atom. The number of aryl methyl sites for hydroxylation is 2. The van der Waals surface area contributed by atoms with E-state index in [0.717, 1.165) is 37.2 Å². The fourth-order valence-electron chi connectivity index (χ4n) is 3.74. The normalized spacial score (nSPS) is 16.3. The van der Waals surface area contributed by atoms with Crippen molar-refractivity contribution in [3.8, 4) is 0 Å². The minimum Gasteiger partial charge on any atom is -0.465 e. The number of carboxylic acid groups (broad SMARTS) is 1. The summed E-state index contributed by atoms with van der Waals surface area (Å²) in [4.78, 5) is 17.3. The second-order valence-electron chi connectivity index (χ2n) is 7.40. The van der Waals surface area contributed by atoms with Gasteiger partial charge in [-0.1, -0.05) is 30.3 Å². The molecule has 0 spiro atoms. The molecule has 1 aromatic carbocycles. The van der Waals surface area contributed by atoms with Crippen LogP contribution in [-0.4, -0.2) is 40.7 Å². The number of hydrogen-bond acceptors (Lipinski definition) is 3. The molecule has 2 aromatic rings. The van der Waals surface area contributed by atoms with E-state index in [9.17, 15) is 9.90 Å². The Hall–Kier alpha value is -2.56. The van der Waals surface area contributed by atoms with Gasteiger partial charge in [-0.05, 0) is 61.3 Å². The lowest BCUT2D eigenvalue weighted by Crippen LogP contribution is -2.46. The van der Waals surface area contributed by atoms with Crippen LogP contribution in [0, 0.1) is 19.3 Å². The van der Waals surface area contributed by atoms with Crippen LogP contribution in [0.5, 0.6) is 0 Å². The van der Waals surface area contributed by atoms with Crippen molar-refractivity contribution in [3.63, 3.8) is 0 Å². The van der Waals surface area contributed by atoms with E-state index in [1.807, 2.05) is 6.07 Å². The molecular formula is C21H27N3O2. The van der Waals surface area contributed by atoms with Crippen LogP contribution in [-0.2, 0) is 6.42 Å². The van der Waals surface area contributed by atoms with Gasteiger partial charge in [0.2, 0.25) is 0 Å². The lowest BCUT2D eigenvalue weighted by Gasteiger charge is -2.41. The van der Waals surface area contributed by atoms with Crippen molar-refractivity contribution in [1.29, 1.82) is 0 Å². The maximum atomic E-state index is 11.3. The van der Waals surface area contributed by atoms with Crippen molar-refractivity contribution in [1.82, 2.24) is 9.88 Å². The highest BCUT2D eigenvalue weighted by Gasteiger charge is 2.36. The second-order valence-corrected chi connectivity index (χ2v) is 7.40. The van der Waals surface area contributed by atoms with Crippen LogP contribution in [0.2, 0.25) is 0 Å². The average molecular weight is 353 g/mol. The highest BCUT2D eigenvalue weighted by Crippen LogP contribution is 2.36. The smallest absolute Gasteiger partial charge is 0.407 e. The third-order valence-corrected chi connectivity index (χ3v) is 5.56. The molecule has 0 unspecified atom stereocenters. The number of nitrogens with one attached hydrogen (secondary N) is 1. The Morgan fingerprint density at radius 3 is 2.50 bits per heavy atom. The standard InChI is InChI=1S/C21H27N3O2/c1-16-6-3-4-8-18(16)14-21(9-12-24(13-10-21)20(25)26)15-23-19-17(2)7-5-11-22-19/h3-8,11H,9-10,12-15H2,1-2H3,(H,22,23)(H,25,26). The number of pyridine rings is 1. The first kappa shape index (κ1) is 18.2. The summed E-state index contributed by atoms with van der Waals surface area (Å²) < 4.78 is 0. The van der Waals surface area contributed by atoms with E-state index >= 15 is 0 Å². The van der Waals surface area contributed by atoms with Crippen LogP contribution in [0.3, 0.4) is 0 Å². The molecule has 0 saturated carbocycles. The molecule has 5 heteroatoms. The summed E-state index contributed by atoms with van der Waals surface area (Å²) >= 11 is 0. The van der Waals surface area contributed by atoms with Crippen molar-refractivity contribution in [2.24, 2.45) is 5.41 Å². The molecule has 2 heterocycles. The van der Waals surface area contributed by atoms with Gasteiger partial charge in [0.25, 0.3) is 0 Å². The minimum absolute atomic E-state index is 0.0298. The molecule has 2 N–H and O–H groups in total. The maximum absolute atomic E-state index is 11.3. The predicted molar refractivity (Wildman–Crippen MR) is 104 cm³/mol. The number of nitrogens with zero attached hydrogens (tertiary/aromatic N) is 2. The Labute approximate surface area is 155 Å². The van der Waals surface area contributed by atoms with Crippen molar-refractivity contribution < 1.29 is 9.90 Å². The van der Waals surface area contributed by atoms with Crippen molar-refractivity contribution in [3.05, 3.63) is 59.3 Å². The molecule has 5 nitrogen and oxygen atoms in total. The summed E-state index contributed by atoms with van der Waals surface area (Å²) in [5, 5.41) is 12.8. The summed E-state index contributed by atoms with van der Waals surface area (Å²) in [7, 11) is 0. The Bertz CT molecular complexity index is 767. The number of benzene rings is 1. The number of carbonyl (C=O) groups is 1. The minimum atomic E-state index is -0.817. The highest BCUT2D eigenvalue weighted by atomic mass is 16.4. The Balaban J connectivity index is 1.79. The number of amides is 1. The Kier molecular flexibility index (Phi) is 5.45. The zero-order valence-electron chi connectivity index (χ0n) is 15.5. The van der Waals surface area contributed by atoms with Gasteiger partial charge in [0.15, 0.2) is 0 Å². The molecule has 1 aliphatic heterocycles. The van der Waals surface area contributed by atoms with Crippen LogP contribution < -0.4 is 5.32 Å². The van der Waals surface area contributed by atoms with Crippen LogP contribution in [0.25, 0.3) is 0 Å². The molecule has 138 valence electrons. The summed E-state index contributed by atoms with van der Waals surface area (Å²) in [5.74, 6) is 0.914. The fourth-order valence-corrected chi connectivity index (χ4v) is 3.74. The largest absolute Gasteiger partial charge is 0.465 e. The van der Waals surface area contributed by atoms with Gasteiger partial charge in [0, 0.05) is 25.8 Å². The molecule has 1 aliphatic rings. The molecule has 1 aromatic heterocycles. The van der Waals surface area contributed by atoms with Crippen molar-refractivity contribution >= 4 is 11.9 Å². The lowest BCUT2D eigenvalue weighted by atomic mass is 9.73. The van der Waals surface area contributed by atoms with Gasteiger partial charge in [-0.2, -0.15) is 0 Å². The van der Waals surface area contributed by atoms with Gasteiger partial charge in [0.05, 0.1) is 0 Å². The molecule has 26 heavy (non-hydrogen) atoms. The van der Waals surface area contributed by atoms with Crippen LogP contribution in [0.4, 0.5) is 10.6 Å². The van der Waals surface area contributed by atoms with Crippen molar-refractivity contribution in [2.45, 2.75) is 33.1 Å². The fraction of sp³-hybridized carbons (Fsp3) is 0.429. The quantitative estimate of drug-likeness (QED) is 0.849. The summed E-state index contributed by atoms with van der Waals surface area (Å²) in [5.41, 5.74) is 3.79. The molecule has 1 fully saturated rings. The first-order valence-electron chi connectivity index (χ1n) is 9.17. The van der Waals surface area contributed by atoms with Crippen molar-refractivity contribution in [2.75, 3.05) is 25.0 Å². The maximum Gasteiger partial charge on any atom is 0.407 e. The number of likely N-dealkylation sites (tertiary alicyclic amines) is 1. The summed E-state index contributed by atoms with van der Waals surface area (Å²) in [6, 6.07) is 12.5. The van der Waals surface area contributed by atoms with Gasteiger partial charge >= 0.3 is 6.09 Å². The monoisotopic (exact) mass is 353 g/mol. The molecule has 0 aliphatic carbocycles. The van der Waals surface area contributed by atoms with Crippen LogP contribution in [0.15, 0.2) is 42.6 Å². The molecule has 1 saturated heterocycles. The topological polar surface area (TPSA) is 65.5 Å². The third-order valence-electron chi connectivity index (χ3n) is 5.56. The van der Waals surface area contributed by atoms with E-state index in [4.69, 9.17) is 0 Å². The number of anilines is 1. The second kappa shape index (κ2) is 7.77. The van der Waals surface area contributed by atoms with E-state index in [-0.39, 0.29) is 5.41 Å². The zero-order valence-corrected chi connectivity index (χ0v) is 15.5. The third kappa shape index (κ3) is 4.15. The number of rotatable bonds is 5. The number of hydrogen-bond donors (Lipinski definition) is 2. The molecule has 1 amide bonds. The van der Waals surface area contributed by atoms with Gasteiger partial charge < -0.3 is 15.3 Å². The average Bonchev–Trinajstić information content (AvgIpc) is 2.63. The van der Waals surface area contributed by atoms with Gasteiger partial charge in [0.1, 0.15) is 5.82 Å². The number of piperidine rings is 1. The summed E-state index contributed by atoms with van der Waals surface area (Å²) in [6.45, 7) is 6.17. The highest BCUT2D eigenvalue weighted by molar-refractivity contribution is 5.65. The molecule has 0 atom stereocenters. The molecule has 0 radical (unpaired) electrons. The molecule has 0 bridgehead atoms. The van der Waals surface area contributed by atoms with Crippen LogP contribution in [0.1, 0.15) is 29.5 Å². The predicted octanol–water partition coefficient (Wildman–Crippen LogP) is 4.11. The van der Waals surface area contributed by atoms with E-state index < -0.39 is 6.09 Å². The lowest BCUT2D eigenvalue weighted by molar-refractivity contribution is 0.0945. The van der Waals surface area contributed by atoms with E-state index in [1.165, 1.54) is 16.0 Å². The van der Waals surface area contributed by atoms with Gasteiger partial charge in [-0.15, -0.1) is 0 Å². The molecule has 3 rings (SSSR count). The zero-order chi connectivity index (χ0) is 18.6. The molecular weight excluding hydrogens is 326 g/mol. The van der Waals surface area contributed by atoms with E-state index in [1.54, 1.807) is 6.20 Å². The van der Waals surface area contributed by atoms with Crippen LogP contribution >= 0.6 is 0 Å².